The van der Waals surface area contributed by atoms with E-state index < -0.39 is 0 Å². The van der Waals surface area contributed by atoms with Crippen molar-refractivity contribution < 1.29 is 4.42 Å². The first-order valence-corrected chi connectivity index (χ1v) is 12.9. The molecule has 0 radical (unpaired) electrons. The Kier molecular flexibility index (Phi) is 3.67. The van der Waals surface area contributed by atoms with E-state index in [-0.39, 0.29) is 5.41 Å². The molecule has 2 aromatic heterocycles. The van der Waals surface area contributed by atoms with E-state index in [9.17, 15) is 0 Å². The van der Waals surface area contributed by atoms with Gasteiger partial charge in [-0.25, -0.2) is 0 Å². The maximum atomic E-state index is 6.48. The quantitative estimate of drug-likeness (QED) is 0.235. The summed E-state index contributed by atoms with van der Waals surface area (Å²) >= 11 is 1.86. The lowest BCUT2D eigenvalue weighted by molar-refractivity contribution is 0.647. The Balaban J connectivity index is 1.32. The number of rotatable bonds is 1. The van der Waals surface area contributed by atoms with Crippen molar-refractivity contribution >= 4 is 53.4 Å². The molecule has 0 spiro atoms. The SMILES string of the molecule is CC1(C)c2ccccc2-c2cc3c(cc21)oc1cc(-c2ccc4sc5ccccc5c4c2)ccc13. The van der Waals surface area contributed by atoms with Gasteiger partial charge in [0.2, 0.25) is 0 Å². The molecule has 0 bridgehead atoms. The van der Waals surface area contributed by atoms with Crippen LogP contribution in [0.2, 0.25) is 0 Å². The largest absolute Gasteiger partial charge is 0.456 e. The van der Waals surface area contributed by atoms with Crippen molar-refractivity contribution in [1.82, 2.24) is 0 Å². The third-order valence-corrected chi connectivity index (χ3v) is 9.04. The Morgan fingerprint density at radius 2 is 1.29 bits per heavy atom. The van der Waals surface area contributed by atoms with Gasteiger partial charge in [0.1, 0.15) is 11.2 Å². The number of hydrogen-bond acceptors (Lipinski definition) is 2. The van der Waals surface area contributed by atoms with Crippen molar-refractivity contribution in [3.8, 4) is 22.3 Å². The summed E-state index contributed by atoms with van der Waals surface area (Å²) < 4.78 is 9.15. The zero-order valence-electron chi connectivity index (χ0n) is 19.6. The molecular formula is C33H22OS. The predicted octanol–water partition coefficient (Wildman–Crippen LogP) is 9.93. The average molecular weight is 467 g/mol. The van der Waals surface area contributed by atoms with Crippen LogP contribution in [0.25, 0.3) is 64.4 Å². The van der Waals surface area contributed by atoms with Crippen LogP contribution in [0.5, 0.6) is 0 Å². The highest BCUT2D eigenvalue weighted by Crippen LogP contribution is 2.50. The van der Waals surface area contributed by atoms with Crippen molar-refractivity contribution in [2.75, 3.05) is 0 Å². The van der Waals surface area contributed by atoms with Crippen LogP contribution in [0.1, 0.15) is 25.0 Å². The van der Waals surface area contributed by atoms with E-state index in [2.05, 4.69) is 111 Å². The Morgan fingerprint density at radius 3 is 2.23 bits per heavy atom. The van der Waals surface area contributed by atoms with Crippen LogP contribution in [0.4, 0.5) is 0 Å². The van der Waals surface area contributed by atoms with E-state index in [1.165, 1.54) is 64.3 Å². The first kappa shape index (κ1) is 19.4. The molecule has 0 N–H and O–H groups in total. The Hall–Kier alpha value is -3.88. The third-order valence-electron chi connectivity index (χ3n) is 7.89. The third kappa shape index (κ3) is 2.58. The van der Waals surface area contributed by atoms with Crippen molar-refractivity contribution in [2.45, 2.75) is 19.3 Å². The second-order valence-electron chi connectivity index (χ2n) is 10.2. The molecule has 7 aromatic rings. The van der Waals surface area contributed by atoms with Crippen molar-refractivity contribution in [2.24, 2.45) is 0 Å². The van der Waals surface area contributed by atoms with Gasteiger partial charge in [-0.3, -0.25) is 0 Å². The molecule has 0 saturated heterocycles. The van der Waals surface area contributed by atoms with Gasteiger partial charge in [0, 0.05) is 36.4 Å². The van der Waals surface area contributed by atoms with Crippen LogP contribution < -0.4 is 0 Å². The lowest BCUT2D eigenvalue weighted by Crippen LogP contribution is -2.14. The van der Waals surface area contributed by atoms with E-state index in [1.54, 1.807) is 0 Å². The molecule has 0 saturated carbocycles. The molecular weight excluding hydrogens is 444 g/mol. The lowest BCUT2D eigenvalue weighted by Gasteiger charge is -2.21. The molecule has 0 amide bonds. The summed E-state index contributed by atoms with van der Waals surface area (Å²) in [4.78, 5) is 0. The fraction of sp³-hybridized carbons (Fsp3) is 0.0909. The Morgan fingerprint density at radius 1 is 0.543 bits per heavy atom. The van der Waals surface area contributed by atoms with Gasteiger partial charge in [-0.05, 0) is 75.8 Å². The molecule has 1 aliphatic carbocycles. The van der Waals surface area contributed by atoms with Crippen LogP contribution in [-0.2, 0) is 5.41 Å². The summed E-state index contributed by atoms with van der Waals surface area (Å²) in [6.07, 6.45) is 0. The molecule has 0 aliphatic heterocycles. The molecule has 1 aliphatic rings. The molecule has 0 unspecified atom stereocenters. The molecule has 1 nitrogen and oxygen atoms in total. The number of benzene rings is 5. The highest BCUT2D eigenvalue weighted by Gasteiger charge is 2.35. The summed E-state index contributed by atoms with van der Waals surface area (Å²) in [5.74, 6) is 0. The molecule has 5 aromatic carbocycles. The van der Waals surface area contributed by atoms with Crippen molar-refractivity contribution in [3.05, 3.63) is 108 Å². The molecule has 8 rings (SSSR count). The van der Waals surface area contributed by atoms with E-state index in [1.807, 2.05) is 11.3 Å². The second-order valence-corrected chi connectivity index (χ2v) is 11.3. The first-order chi connectivity index (χ1) is 17.1. The summed E-state index contributed by atoms with van der Waals surface area (Å²) in [6, 6.07) is 35.5. The zero-order chi connectivity index (χ0) is 23.3. The smallest absolute Gasteiger partial charge is 0.136 e. The number of hydrogen-bond donors (Lipinski definition) is 0. The molecule has 2 heterocycles. The number of fused-ring (bicyclic) bond motifs is 9. The highest BCUT2D eigenvalue weighted by molar-refractivity contribution is 7.25. The maximum absolute atomic E-state index is 6.48. The van der Waals surface area contributed by atoms with Crippen LogP contribution in [0.3, 0.4) is 0 Å². The second kappa shape index (κ2) is 6.62. The molecule has 2 heteroatoms. The van der Waals surface area contributed by atoms with Crippen LogP contribution >= 0.6 is 11.3 Å². The van der Waals surface area contributed by atoms with Crippen LogP contribution in [-0.4, -0.2) is 0 Å². The van der Waals surface area contributed by atoms with E-state index in [0.717, 1.165) is 11.2 Å². The standard InChI is InChI=1S/C33H22OS/c1-33(2)27-9-5-3-7-21(27)24-17-25-22-13-11-20(16-29(22)34-30(25)18-28(24)33)19-12-14-32-26(15-19)23-8-4-6-10-31(23)35-32/h3-18H,1-2H3. The summed E-state index contributed by atoms with van der Waals surface area (Å²) in [7, 11) is 0. The normalized spacial score (nSPS) is 14.2. The van der Waals surface area contributed by atoms with Gasteiger partial charge >= 0.3 is 0 Å². The Labute approximate surface area is 207 Å². The minimum Gasteiger partial charge on any atom is -0.456 e. The Bertz CT molecular complexity index is 1980. The molecule has 0 fully saturated rings. The van der Waals surface area contributed by atoms with Gasteiger partial charge in [0.25, 0.3) is 0 Å². The fourth-order valence-corrected chi connectivity index (χ4v) is 7.14. The summed E-state index contributed by atoms with van der Waals surface area (Å²) in [6.45, 7) is 4.63. The van der Waals surface area contributed by atoms with Gasteiger partial charge in [-0.1, -0.05) is 68.4 Å². The topological polar surface area (TPSA) is 13.1 Å². The average Bonchev–Trinajstić information content (AvgIpc) is 3.50. The minimum absolute atomic E-state index is 0.0248. The van der Waals surface area contributed by atoms with Gasteiger partial charge in [-0.15, -0.1) is 11.3 Å². The monoisotopic (exact) mass is 466 g/mol. The molecule has 0 atom stereocenters. The molecule has 166 valence electrons. The van der Waals surface area contributed by atoms with Gasteiger partial charge in [-0.2, -0.15) is 0 Å². The van der Waals surface area contributed by atoms with E-state index in [4.69, 9.17) is 4.42 Å². The summed E-state index contributed by atoms with van der Waals surface area (Å²) in [5.41, 5.74) is 9.72. The number of furan rings is 1. The van der Waals surface area contributed by atoms with Gasteiger partial charge in [0.05, 0.1) is 0 Å². The van der Waals surface area contributed by atoms with Crippen LogP contribution in [0.15, 0.2) is 101 Å². The van der Waals surface area contributed by atoms with E-state index >= 15 is 0 Å². The maximum Gasteiger partial charge on any atom is 0.136 e. The van der Waals surface area contributed by atoms with E-state index in [0.29, 0.717) is 0 Å². The van der Waals surface area contributed by atoms with Gasteiger partial charge in [0.15, 0.2) is 0 Å². The van der Waals surface area contributed by atoms with Crippen molar-refractivity contribution in [3.63, 3.8) is 0 Å². The predicted molar refractivity (Wildman–Crippen MR) is 150 cm³/mol. The summed E-state index contributed by atoms with van der Waals surface area (Å²) in [5, 5.41) is 5.02. The minimum atomic E-state index is -0.0248. The number of thiophene rings is 1. The lowest BCUT2D eigenvalue weighted by atomic mass is 9.82. The molecule has 35 heavy (non-hydrogen) atoms. The van der Waals surface area contributed by atoms with Crippen LogP contribution in [0, 0.1) is 0 Å². The highest BCUT2D eigenvalue weighted by atomic mass is 32.1. The van der Waals surface area contributed by atoms with Crippen molar-refractivity contribution in [1.29, 1.82) is 0 Å². The first-order valence-electron chi connectivity index (χ1n) is 12.1. The zero-order valence-corrected chi connectivity index (χ0v) is 20.4. The van der Waals surface area contributed by atoms with Gasteiger partial charge < -0.3 is 4.42 Å². The fourth-order valence-electron chi connectivity index (χ4n) is 6.06.